The summed E-state index contributed by atoms with van der Waals surface area (Å²) in [6, 6.07) is 8.50. The molecule has 0 unspecified atom stereocenters. The summed E-state index contributed by atoms with van der Waals surface area (Å²) in [6.45, 7) is 4.19. The minimum Gasteiger partial charge on any atom is -0.493 e. The Bertz CT molecular complexity index is 1320. The van der Waals surface area contributed by atoms with Crippen LogP contribution in [0, 0.1) is 18.6 Å². The lowest BCUT2D eigenvalue weighted by Crippen LogP contribution is -2.52. The molecule has 0 radical (unpaired) electrons. The maximum absolute atomic E-state index is 13.7. The van der Waals surface area contributed by atoms with Gasteiger partial charge in [0.1, 0.15) is 42.0 Å². The normalized spacial score (nSPS) is 17.6. The van der Waals surface area contributed by atoms with Gasteiger partial charge in [0, 0.05) is 70.4 Å². The molecule has 1 fully saturated rings. The summed E-state index contributed by atoms with van der Waals surface area (Å²) in [5.74, 6) is 0.263. The predicted octanol–water partition coefficient (Wildman–Crippen LogP) is 3.05. The van der Waals surface area contributed by atoms with Gasteiger partial charge in [-0.05, 0) is 31.0 Å². The van der Waals surface area contributed by atoms with Gasteiger partial charge >= 0.3 is 0 Å². The predicted molar refractivity (Wildman–Crippen MR) is 151 cm³/mol. The maximum Gasteiger partial charge on any atom is 0.248 e. The van der Waals surface area contributed by atoms with Gasteiger partial charge in [-0.2, -0.15) is 0 Å². The Morgan fingerprint density at radius 2 is 1.83 bits per heavy atom. The summed E-state index contributed by atoms with van der Waals surface area (Å²) in [6.07, 6.45) is 4.49. The number of β-amino-alcohol motifs (C(OH)–C–C–N with tert-alkyl or cyclic N) is 1. The van der Waals surface area contributed by atoms with Crippen LogP contribution in [-0.2, 0) is 22.6 Å². The Hall–Kier alpha value is -3.74. The van der Waals surface area contributed by atoms with Gasteiger partial charge < -0.3 is 33.5 Å². The van der Waals surface area contributed by atoms with E-state index in [4.69, 9.17) is 18.9 Å². The number of rotatable bonds is 13. The largest absolute Gasteiger partial charge is 0.493 e. The van der Waals surface area contributed by atoms with E-state index >= 15 is 0 Å². The van der Waals surface area contributed by atoms with Crippen LogP contribution in [0.15, 0.2) is 48.8 Å². The fourth-order valence-electron chi connectivity index (χ4n) is 4.97. The van der Waals surface area contributed by atoms with Crippen molar-refractivity contribution in [3.05, 3.63) is 71.8 Å². The van der Waals surface area contributed by atoms with Crippen LogP contribution in [0.4, 0.5) is 8.78 Å². The molecule has 0 saturated carbocycles. The highest BCUT2D eigenvalue weighted by molar-refractivity contribution is 5.77. The van der Waals surface area contributed by atoms with E-state index < -0.39 is 17.2 Å². The minimum absolute atomic E-state index is 0.0309. The van der Waals surface area contributed by atoms with Crippen molar-refractivity contribution in [2.24, 2.45) is 0 Å². The SMILES string of the molecule is COCC(=O)N1CCN(Cc2ccc(OC)c(OCCCn3ccnc3C)c2)C[C@@](O)(COc2cc(F)cc(F)c2)C1. The van der Waals surface area contributed by atoms with Crippen LogP contribution >= 0.6 is 0 Å². The van der Waals surface area contributed by atoms with Gasteiger partial charge in [-0.15, -0.1) is 0 Å². The van der Waals surface area contributed by atoms with Crippen molar-refractivity contribution < 1.29 is 37.6 Å². The molecule has 4 rings (SSSR count). The molecule has 0 spiro atoms. The molecule has 0 bridgehead atoms. The standard InChI is InChI=1S/C30H38F2N4O6/c1-22-33-7-9-35(22)8-4-12-41-28-13-23(5-6-27(28)40-3)17-34-10-11-36(29(37)18-39-2)20-30(38,19-34)21-42-26-15-24(31)14-25(32)16-26/h5-7,9,13-16,38H,4,8,10-12,17-21H2,1-3H3/t30-/m0/s1. The van der Waals surface area contributed by atoms with Crippen LogP contribution in [0.1, 0.15) is 17.8 Å². The highest BCUT2D eigenvalue weighted by Gasteiger charge is 2.37. The van der Waals surface area contributed by atoms with Gasteiger partial charge in [-0.3, -0.25) is 9.69 Å². The van der Waals surface area contributed by atoms with E-state index in [1.165, 1.54) is 12.0 Å². The summed E-state index contributed by atoms with van der Waals surface area (Å²) in [7, 11) is 3.01. The van der Waals surface area contributed by atoms with E-state index in [2.05, 4.69) is 9.55 Å². The zero-order chi connectivity index (χ0) is 30.1. The molecule has 1 atom stereocenters. The van der Waals surface area contributed by atoms with Crippen molar-refractivity contribution in [2.45, 2.75) is 32.0 Å². The second-order valence-electron chi connectivity index (χ2n) is 10.4. The quantitative estimate of drug-likeness (QED) is 0.305. The van der Waals surface area contributed by atoms with Crippen LogP contribution in [-0.4, -0.2) is 96.2 Å². The summed E-state index contributed by atoms with van der Waals surface area (Å²) >= 11 is 0. The molecule has 1 saturated heterocycles. The number of hydrogen-bond acceptors (Lipinski definition) is 8. The highest BCUT2D eigenvalue weighted by Crippen LogP contribution is 2.29. The molecular formula is C30H38F2N4O6. The van der Waals surface area contributed by atoms with Crippen LogP contribution < -0.4 is 14.2 Å². The first-order chi connectivity index (χ1) is 20.2. The second kappa shape index (κ2) is 14.4. The summed E-state index contributed by atoms with van der Waals surface area (Å²) in [4.78, 5) is 20.5. The Morgan fingerprint density at radius 3 is 2.52 bits per heavy atom. The number of halogens is 2. The van der Waals surface area contributed by atoms with Gasteiger partial charge in [0.05, 0.1) is 20.3 Å². The number of aryl methyl sites for hydroxylation is 2. The van der Waals surface area contributed by atoms with E-state index in [1.807, 2.05) is 36.2 Å². The number of nitrogens with zero attached hydrogens (tertiary/aromatic N) is 4. The first-order valence-electron chi connectivity index (χ1n) is 13.8. The molecule has 3 aromatic rings. The van der Waals surface area contributed by atoms with Crippen molar-refractivity contribution in [3.8, 4) is 17.2 Å². The Morgan fingerprint density at radius 1 is 1.05 bits per heavy atom. The molecule has 12 heteroatoms. The lowest BCUT2D eigenvalue weighted by atomic mass is 10.0. The third-order valence-corrected chi connectivity index (χ3v) is 7.01. The third-order valence-electron chi connectivity index (χ3n) is 7.01. The number of methoxy groups -OCH3 is 2. The van der Waals surface area contributed by atoms with E-state index in [0.717, 1.165) is 42.6 Å². The topological polar surface area (TPSA) is 98.5 Å². The number of amides is 1. The Balaban J connectivity index is 1.45. The number of aromatic nitrogens is 2. The van der Waals surface area contributed by atoms with Gasteiger partial charge in [0.2, 0.25) is 5.91 Å². The summed E-state index contributed by atoms with van der Waals surface area (Å²) < 4.78 is 51.7. The van der Waals surface area contributed by atoms with Crippen molar-refractivity contribution in [1.82, 2.24) is 19.4 Å². The fraction of sp³-hybridized carbons (Fsp3) is 0.467. The molecule has 2 heterocycles. The van der Waals surface area contributed by atoms with Gasteiger partial charge in [0.25, 0.3) is 0 Å². The number of ether oxygens (including phenoxy) is 4. The van der Waals surface area contributed by atoms with Crippen molar-refractivity contribution in [2.75, 3.05) is 60.2 Å². The molecule has 1 N–H and O–H groups in total. The zero-order valence-electron chi connectivity index (χ0n) is 24.2. The first-order valence-corrected chi connectivity index (χ1v) is 13.8. The number of imidazole rings is 1. The number of carbonyl (C=O) groups is 1. The number of hydrogen-bond donors (Lipinski definition) is 1. The molecule has 1 amide bonds. The lowest BCUT2D eigenvalue weighted by molar-refractivity contribution is -0.138. The van der Waals surface area contributed by atoms with Crippen molar-refractivity contribution in [1.29, 1.82) is 0 Å². The third kappa shape index (κ3) is 8.63. The number of benzene rings is 2. The average Bonchev–Trinajstić information content (AvgIpc) is 3.28. The Kier molecular flexibility index (Phi) is 10.7. The van der Waals surface area contributed by atoms with Crippen LogP contribution in [0.5, 0.6) is 17.2 Å². The smallest absolute Gasteiger partial charge is 0.248 e. The summed E-state index contributed by atoms with van der Waals surface area (Å²) in [5, 5.41) is 11.6. The molecule has 228 valence electrons. The minimum atomic E-state index is -1.53. The first kappa shape index (κ1) is 31.2. The maximum atomic E-state index is 13.7. The number of carbonyl (C=O) groups excluding carboxylic acids is 1. The molecule has 10 nitrogen and oxygen atoms in total. The molecular weight excluding hydrogens is 550 g/mol. The van der Waals surface area contributed by atoms with Crippen LogP contribution in [0.3, 0.4) is 0 Å². The fourth-order valence-corrected chi connectivity index (χ4v) is 4.97. The van der Waals surface area contributed by atoms with Crippen LogP contribution in [0.2, 0.25) is 0 Å². The number of aliphatic hydroxyl groups is 1. The highest BCUT2D eigenvalue weighted by atomic mass is 19.1. The monoisotopic (exact) mass is 588 g/mol. The molecule has 1 aromatic heterocycles. The summed E-state index contributed by atoms with van der Waals surface area (Å²) in [5.41, 5.74) is -0.608. The van der Waals surface area contributed by atoms with Crippen molar-refractivity contribution >= 4 is 5.91 Å². The average molecular weight is 589 g/mol. The van der Waals surface area contributed by atoms with Gasteiger partial charge in [-0.25, -0.2) is 13.8 Å². The van der Waals surface area contributed by atoms with Gasteiger partial charge in [-0.1, -0.05) is 6.07 Å². The van der Waals surface area contributed by atoms with E-state index in [-0.39, 0.29) is 38.0 Å². The Labute approximate surface area is 244 Å². The molecule has 1 aliphatic heterocycles. The zero-order valence-corrected chi connectivity index (χ0v) is 24.2. The van der Waals surface area contributed by atoms with E-state index in [9.17, 15) is 18.7 Å². The lowest BCUT2D eigenvalue weighted by Gasteiger charge is -2.33. The molecule has 0 aliphatic carbocycles. The molecule has 2 aromatic carbocycles. The molecule has 1 aliphatic rings. The van der Waals surface area contributed by atoms with E-state index in [0.29, 0.717) is 37.7 Å². The second-order valence-corrected chi connectivity index (χ2v) is 10.4. The van der Waals surface area contributed by atoms with Crippen molar-refractivity contribution in [3.63, 3.8) is 0 Å². The molecule has 42 heavy (non-hydrogen) atoms. The van der Waals surface area contributed by atoms with E-state index in [1.54, 1.807) is 13.3 Å². The van der Waals surface area contributed by atoms with Crippen LogP contribution in [0.25, 0.3) is 0 Å². The van der Waals surface area contributed by atoms with Gasteiger partial charge in [0.15, 0.2) is 11.5 Å².